The lowest BCUT2D eigenvalue weighted by Crippen LogP contribution is -2.36. The van der Waals surface area contributed by atoms with E-state index in [1.165, 1.54) is 0 Å². The highest BCUT2D eigenvalue weighted by molar-refractivity contribution is 6.04. The van der Waals surface area contributed by atoms with Crippen LogP contribution in [0.4, 0.5) is 0 Å². The van der Waals surface area contributed by atoms with Crippen LogP contribution >= 0.6 is 0 Å². The molecule has 5 nitrogen and oxygen atoms in total. The summed E-state index contributed by atoms with van der Waals surface area (Å²) >= 11 is 0. The van der Waals surface area contributed by atoms with Gasteiger partial charge in [0.15, 0.2) is 0 Å². The Balaban J connectivity index is 1.94. The van der Waals surface area contributed by atoms with E-state index in [1.807, 2.05) is 24.3 Å². The first kappa shape index (κ1) is 13.5. The molecule has 0 aliphatic heterocycles. The second-order valence-corrected chi connectivity index (χ2v) is 4.82. The highest BCUT2D eigenvalue weighted by Crippen LogP contribution is 2.46. The van der Waals surface area contributed by atoms with E-state index in [9.17, 15) is 9.59 Å². The summed E-state index contributed by atoms with van der Waals surface area (Å²) < 4.78 is 5.04. The maximum absolute atomic E-state index is 11.8. The molecule has 1 saturated carbocycles. The molecule has 19 heavy (non-hydrogen) atoms. The van der Waals surface area contributed by atoms with E-state index in [-0.39, 0.29) is 0 Å². The summed E-state index contributed by atoms with van der Waals surface area (Å²) in [5.41, 5.74) is 0.780. The number of methoxy groups -OCH3 is 1. The lowest BCUT2D eigenvalue weighted by atomic mass is 10.1. The lowest BCUT2D eigenvalue weighted by Gasteiger charge is -2.11. The van der Waals surface area contributed by atoms with Gasteiger partial charge in [0.25, 0.3) is 0 Å². The van der Waals surface area contributed by atoms with Crippen LogP contribution in [0.3, 0.4) is 0 Å². The minimum atomic E-state index is -1.18. The topological polar surface area (TPSA) is 75.6 Å². The number of carboxylic acids is 1. The molecule has 0 spiro atoms. The summed E-state index contributed by atoms with van der Waals surface area (Å²) in [5.74, 6) is -1.42. The smallest absolute Gasteiger partial charge is 0.319 e. The molecular formula is C14H17NO4. The predicted molar refractivity (Wildman–Crippen MR) is 68.3 cm³/mol. The number of carbonyl (C=O) groups is 2. The van der Waals surface area contributed by atoms with Crippen molar-refractivity contribution in [3.05, 3.63) is 35.4 Å². The van der Waals surface area contributed by atoms with Gasteiger partial charge < -0.3 is 15.2 Å². The predicted octanol–water partition coefficient (Wildman–Crippen LogP) is 1.31. The number of benzene rings is 1. The molecule has 1 aromatic rings. The quantitative estimate of drug-likeness (QED) is 0.759. The van der Waals surface area contributed by atoms with E-state index in [1.54, 1.807) is 7.11 Å². The van der Waals surface area contributed by atoms with Crippen LogP contribution in [0.25, 0.3) is 0 Å². The van der Waals surface area contributed by atoms with Gasteiger partial charge in [-0.2, -0.15) is 0 Å². The fourth-order valence-electron chi connectivity index (χ4n) is 2.01. The van der Waals surface area contributed by atoms with Gasteiger partial charge in [-0.3, -0.25) is 9.59 Å². The van der Waals surface area contributed by atoms with E-state index in [0.717, 1.165) is 11.1 Å². The van der Waals surface area contributed by atoms with Crippen molar-refractivity contribution in [3.63, 3.8) is 0 Å². The van der Waals surface area contributed by atoms with E-state index in [4.69, 9.17) is 9.84 Å². The van der Waals surface area contributed by atoms with Gasteiger partial charge in [0.2, 0.25) is 5.91 Å². The van der Waals surface area contributed by atoms with Crippen molar-refractivity contribution in [2.24, 2.45) is 5.41 Å². The molecule has 1 amide bonds. The zero-order valence-electron chi connectivity index (χ0n) is 10.8. The molecule has 0 radical (unpaired) electrons. The summed E-state index contributed by atoms with van der Waals surface area (Å²) in [7, 11) is 1.62. The molecule has 102 valence electrons. The van der Waals surface area contributed by atoms with Crippen LogP contribution < -0.4 is 5.32 Å². The maximum atomic E-state index is 11.8. The van der Waals surface area contributed by atoms with E-state index in [2.05, 4.69) is 5.32 Å². The number of rotatable bonds is 6. The summed E-state index contributed by atoms with van der Waals surface area (Å²) in [5, 5.41) is 11.7. The monoisotopic (exact) mass is 263 g/mol. The zero-order chi connectivity index (χ0) is 13.9. The highest BCUT2D eigenvalue weighted by Gasteiger charge is 2.56. The number of nitrogens with one attached hydrogen (secondary N) is 1. The van der Waals surface area contributed by atoms with Gasteiger partial charge in [-0.05, 0) is 24.0 Å². The van der Waals surface area contributed by atoms with Crippen molar-refractivity contribution in [1.29, 1.82) is 0 Å². The Morgan fingerprint density at radius 1 is 1.37 bits per heavy atom. The molecule has 2 N–H and O–H groups in total. The molecule has 2 rings (SSSR count). The molecule has 0 aromatic heterocycles. The number of carbonyl (C=O) groups excluding carboxylic acids is 1. The Kier molecular flexibility index (Phi) is 3.85. The van der Waals surface area contributed by atoms with Gasteiger partial charge >= 0.3 is 5.97 Å². The summed E-state index contributed by atoms with van der Waals surface area (Å²) in [6.45, 7) is 0.853. The van der Waals surface area contributed by atoms with E-state index >= 15 is 0 Å². The Morgan fingerprint density at radius 3 is 2.63 bits per heavy atom. The molecule has 1 aromatic carbocycles. The van der Waals surface area contributed by atoms with Crippen LogP contribution in [0, 0.1) is 5.41 Å². The van der Waals surface area contributed by atoms with Crippen LogP contribution in [0.5, 0.6) is 0 Å². The molecular weight excluding hydrogens is 246 g/mol. The second-order valence-electron chi connectivity index (χ2n) is 4.82. The molecule has 0 bridgehead atoms. The first-order valence-corrected chi connectivity index (χ1v) is 6.17. The van der Waals surface area contributed by atoms with Crippen molar-refractivity contribution in [3.8, 4) is 0 Å². The van der Waals surface area contributed by atoms with Crippen LogP contribution in [-0.2, 0) is 27.5 Å². The molecule has 1 aliphatic carbocycles. The van der Waals surface area contributed by atoms with Crippen molar-refractivity contribution in [1.82, 2.24) is 5.32 Å². The van der Waals surface area contributed by atoms with Gasteiger partial charge in [0.1, 0.15) is 5.41 Å². The van der Waals surface area contributed by atoms with E-state index < -0.39 is 17.3 Å². The minimum absolute atomic E-state index is 0.339. The Labute approximate surface area is 111 Å². The molecule has 1 fully saturated rings. The Hall–Kier alpha value is -1.88. The van der Waals surface area contributed by atoms with Crippen molar-refractivity contribution in [2.75, 3.05) is 7.11 Å². The van der Waals surface area contributed by atoms with Gasteiger partial charge in [0.05, 0.1) is 6.61 Å². The first-order valence-electron chi connectivity index (χ1n) is 6.17. The average molecular weight is 263 g/mol. The minimum Gasteiger partial charge on any atom is -0.480 e. The van der Waals surface area contributed by atoms with Crippen molar-refractivity contribution in [2.45, 2.75) is 26.0 Å². The molecule has 0 unspecified atom stereocenters. The fourth-order valence-corrected chi connectivity index (χ4v) is 2.01. The van der Waals surface area contributed by atoms with Gasteiger partial charge in [-0.15, -0.1) is 0 Å². The standard InChI is InChI=1S/C14H17NO4/c1-19-9-11-4-2-3-10(7-11)8-15-12(16)14(5-6-14)13(17)18/h2-4,7H,5-6,8-9H2,1H3,(H,15,16)(H,17,18). The van der Waals surface area contributed by atoms with Crippen molar-refractivity contribution < 1.29 is 19.4 Å². The number of hydrogen-bond donors (Lipinski definition) is 2. The fraction of sp³-hybridized carbons (Fsp3) is 0.429. The third-order valence-electron chi connectivity index (χ3n) is 3.35. The number of ether oxygens (including phenoxy) is 1. The third-order valence-corrected chi connectivity index (χ3v) is 3.35. The molecule has 0 atom stereocenters. The number of hydrogen-bond acceptors (Lipinski definition) is 3. The second kappa shape index (κ2) is 5.40. The summed E-state index contributed by atoms with van der Waals surface area (Å²) in [6, 6.07) is 7.65. The molecule has 5 heteroatoms. The highest BCUT2D eigenvalue weighted by atomic mass is 16.5. The van der Waals surface area contributed by atoms with Crippen LogP contribution in [-0.4, -0.2) is 24.1 Å². The molecule has 1 aliphatic rings. The zero-order valence-corrected chi connectivity index (χ0v) is 10.8. The Bertz CT molecular complexity index is 494. The Morgan fingerprint density at radius 2 is 2.05 bits per heavy atom. The van der Waals surface area contributed by atoms with Crippen LogP contribution in [0.2, 0.25) is 0 Å². The van der Waals surface area contributed by atoms with Gasteiger partial charge in [-0.25, -0.2) is 0 Å². The van der Waals surface area contributed by atoms with Crippen LogP contribution in [0.1, 0.15) is 24.0 Å². The molecule has 0 heterocycles. The van der Waals surface area contributed by atoms with E-state index in [0.29, 0.717) is 26.0 Å². The first-order chi connectivity index (χ1) is 9.08. The van der Waals surface area contributed by atoms with Gasteiger partial charge in [-0.1, -0.05) is 24.3 Å². The van der Waals surface area contributed by atoms with Crippen LogP contribution in [0.15, 0.2) is 24.3 Å². The third kappa shape index (κ3) is 2.93. The normalized spacial score (nSPS) is 15.8. The number of aliphatic carboxylic acids is 1. The van der Waals surface area contributed by atoms with Gasteiger partial charge in [0, 0.05) is 13.7 Å². The summed E-state index contributed by atoms with van der Waals surface area (Å²) in [4.78, 5) is 22.8. The molecule has 0 saturated heterocycles. The largest absolute Gasteiger partial charge is 0.480 e. The summed E-state index contributed by atoms with van der Waals surface area (Å²) in [6.07, 6.45) is 0.857. The number of amides is 1. The average Bonchev–Trinajstić information content (AvgIpc) is 3.18. The number of carboxylic acid groups (broad SMARTS) is 1. The maximum Gasteiger partial charge on any atom is 0.319 e. The van der Waals surface area contributed by atoms with Crippen molar-refractivity contribution >= 4 is 11.9 Å². The SMILES string of the molecule is COCc1cccc(CNC(=O)C2(C(=O)O)CC2)c1. The lowest BCUT2D eigenvalue weighted by molar-refractivity contribution is -0.149.